The Hall–Kier alpha value is -3.19. The van der Waals surface area contributed by atoms with Gasteiger partial charge in [-0.25, -0.2) is 4.39 Å². The number of guanidine groups is 1. The largest absolute Gasteiger partial charge is 0.391 e. The zero-order valence-corrected chi connectivity index (χ0v) is 16.0. The lowest BCUT2D eigenvalue weighted by Crippen LogP contribution is -2.28. The zero-order valence-electron chi connectivity index (χ0n) is 16.0. The fourth-order valence-electron chi connectivity index (χ4n) is 2.94. The van der Waals surface area contributed by atoms with Crippen molar-refractivity contribution in [2.24, 2.45) is 0 Å². The lowest BCUT2D eigenvalue weighted by molar-refractivity contribution is 0.280. The van der Waals surface area contributed by atoms with Crippen molar-refractivity contribution in [3.8, 4) is 11.1 Å². The Balaban J connectivity index is 1.90. The molecule has 7 heteroatoms. The van der Waals surface area contributed by atoms with E-state index in [0.717, 1.165) is 11.1 Å². The van der Waals surface area contributed by atoms with E-state index in [1.807, 2.05) is 43.3 Å². The molecule has 0 bridgehead atoms. The Morgan fingerprint density at radius 2 is 1.96 bits per heavy atom. The monoisotopic (exact) mass is 382 g/mol. The average Bonchev–Trinajstić information content (AvgIpc) is 3.10. The van der Waals surface area contributed by atoms with E-state index in [1.165, 1.54) is 6.07 Å². The third-order valence-electron chi connectivity index (χ3n) is 4.64. The van der Waals surface area contributed by atoms with Crippen LogP contribution in [0.15, 0.2) is 53.1 Å². The molecular weight excluding hydrogens is 359 g/mol. The minimum atomic E-state index is -0.322. The standard InChI is InChI=1S/C21H23FN4O2/c1-13(19-17(12-27)20(28-25-19)24-21(23)26(2)3)15-9-10-16(18(22)11-15)14-7-5-4-6-8-14/h4-11,13,27H,12H2,1-3H3,(H2,23,24). The normalized spacial score (nSPS) is 11.9. The first-order chi connectivity index (χ1) is 13.4. The summed E-state index contributed by atoms with van der Waals surface area (Å²) in [6, 6.07) is 14.4. The second-order valence-corrected chi connectivity index (χ2v) is 6.73. The summed E-state index contributed by atoms with van der Waals surface area (Å²) in [7, 11) is 3.43. The van der Waals surface area contributed by atoms with Gasteiger partial charge < -0.3 is 14.5 Å². The quantitative estimate of drug-likeness (QED) is 0.458. The van der Waals surface area contributed by atoms with Crippen LogP contribution in [0.3, 0.4) is 0 Å². The molecule has 0 amide bonds. The van der Waals surface area contributed by atoms with Crippen molar-refractivity contribution < 1.29 is 14.0 Å². The highest BCUT2D eigenvalue weighted by molar-refractivity contribution is 5.90. The van der Waals surface area contributed by atoms with Crippen molar-refractivity contribution in [1.29, 1.82) is 5.41 Å². The first-order valence-corrected chi connectivity index (χ1v) is 8.89. The van der Waals surface area contributed by atoms with Crippen LogP contribution in [0.4, 0.5) is 10.3 Å². The number of benzene rings is 2. The van der Waals surface area contributed by atoms with E-state index in [4.69, 9.17) is 9.93 Å². The molecule has 0 aliphatic rings. The molecule has 1 heterocycles. The highest BCUT2D eigenvalue weighted by atomic mass is 19.1. The summed E-state index contributed by atoms with van der Waals surface area (Å²) in [5.41, 5.74) is 3.01. The molecule has 2 aromatic carbocycles. The molecule has 0 aliphatic carbocycles. The van der Waals surface area contributed by atoms with Crippen LogP contribution in [0.25, 0.3) is 11.1 Å². The number of hydrogen-bond acceptors (Lipinski definition) is 4. The minimum absolute atomic E-state index is 0.100. The van der Waals surface area contributed by atoms with Gasteiger partial charge in [0.25, 0.3) is 0 Å². The number of hydrogen-bond donors (Lipinski definition) is 3. The summed E-state index contributed by atoms with van der Waals surface area (Å²) in [5.74, 6) is -0.306. The Morgan fingerprint density at radius 3 is 2.57 bits per heavy atom. The van der Waals surface area contributed by atoms with Crippen LogP contribution in [-0.2, 0) is 6.61 Å². The number of halogens is 1. The number of anilines is 1. The summed E-state index contributed by atoms with van der Waals surface area (Å²) < 4.78 is 20.0. The predicted octanol–water partition coefficient (Wildman–Crippen LogP) is 4.03. The number of nitrogens with zero attached hydrogens (tertiary/aromatic N) is 2. The zero-order chi connectivity index (χ0) is 20.3. The van der Waals surface area contributed by atoms with Crippen LogP contribution >= 0.6 is 0 Å². The van der Waals surface area contributed by atoms with Gasteiger partial charge in [0.2, 0.25) is 5.88 Å². The Morgan fingerprint density at radius 1 is 1.25 bits per heavy atom. The van der Waals surface area contributed by atoms with Crippen LogP contribution in [0.2, 0.25) is 0 Å². The van der Waals surface area contributed by atoms with Crippen molar-refractivity contribution in [2.75, 3.05) is 19.4 Å². The van der Waals surface area contributed by atoms with E-state index in [9.17, 15) is 9.50 Å². The molecule has 1 unspecified atom stereocenters. The summed E-state index contributed by atoms with van der Waals surface area (Å²) in [4.78, 5) is 1.56. The average molecular weight is 382 g/mol. The maximum atomic E-state index is 14.7. The van der Waals surface area contributed by atoms with Gasteiger partial charge in [0.1, 0.15) is 5.82 Å². The smallest absolute Gasteiger partial charge is 0.237 e. The molecule has 0 aliphatic heterocycles. The van der Waals surface area contributed by atoms with E-state index in [0.29, 0.717) is 16.8 Å². The minimum Gasteiger partial charge on any atom is -0.391 e. The summed E-state index contributed by atoms with van der Waals surface area (Å²) >= 11 is 0. The van der Waals surface area contributed by atoms with Gasteiger partial charge in [0.15, 0.2) is 5.96 Å². The first kappa shape index (κ1) is 19.6. The second-order valence-electron chi connectivity index (χ2n) is 6.73. The maximum absolute atomic E-state index is 14.7. The van der Waals surface area contributed by atoms with Gasteiger partial charge in [-0.05, 0) is 17.2 Å². The highest BCUT2D eigenvalue weighted by Gasteiger charge is 2.23. The van der Waals surface area contributed by atoms with Crippen molar-refractivity contribution in [3.63, 3.8) is 0 Å². The molecule has 28 heavy (non-hydrogen) atoms. The van der Waals surface area contributed by atoms with Gasteiger partial charge in [0, 0.05) is 25.6 Å². The molecule has 0 saturated carbocycles. The molecule has 1 atom stereocenters. The lowest BCUT2D eigenvalue weighted by atomic mass is 9.93. The fraction of sp³-hybridized carbons (Fsp3) is 0.238. The van der Waals surface area contributed by atoms with Gasteiger partial charge in [-0.1, -0.05) is 54.5 Å². The second kappa shape index (κ2) is 8.22. The van der Waals surface area contributed by atoms with Crippen molar-refractivity contribution in [1.82, 2.24) is 10.1 Å². The maximum Gasteiger partial charge on any atom is 0.237 e. The topological polar surface area (TPSA) is 85.4 Å². The predicted molar refractivity (Wildman–Crippen MR) is 107 cm³/mol. The first-order valence-electron chi connectivity index (χ1n) is 8.89. The molecule has 0 saturated heterocycles. The molecule has 0 radical (unpaired) electrons. The summed E-state index contributed by atoms with van der Waals surface area (Å²) in [5, 5.41) is 24.5. The molecular formula is C21H23FN4O2. The number of aliphatic hydroxyl groups is 1. The van der Waals surface area contributed by atoms with E-state index in [1.54, 1.807) is 25.1 Å². The van der Waals surface area contributed by atoms with E-state index >= 15 is 0 Å². The van der Waals surface area contributed by atoms with Crippen molar-refractivity contribution in [2.45, 2.75) is 19.4 Å². The fourth-order valence-corrected chi connectivity index (χ4v) is 2.94. The van der Waals surface area contributed by atoms with Crippen LogP contribution < -0.4 is 5.32 Å². The Kier molecular flexibility index (Phi) is 5.75. The summed E-state index contributed by atoms with van der Waals surface area (Å²) in [6.45, 7) is 1.56. The number of rotatable bonds is 5. The molecule has 3 N–H and O–H groups in total. The highest BCUT2D eigenvalue weighted by Crippen LogP contribution is 2.33. The molecule has 3 rings (SSSR count). The molecule has 6 nitrogen and oxygen atoms in total. The van der Waals surface area contributed by atoms with Crippen molar-refractivity contribution in [3.05, 3.63) is 71.2 Å². The van der Waals surface area contributed by atoms with Crippen LogP contribution in [0.5, 0.6) is 0 Å². The van der Waals surface area contributed by atoms with Gasteiger partial charge in [-0.3, -0.25) is 10.7 Å². The molecule has 0 spiro atoms. The van der Waals surface area contributed by atoms with Crippen molar-refractivity contribution >= 4 is 11.8 Å². The number of aromatic nitrogens is 1. The van der Waals surface area contributed by atoms with E-state index < -0.39 is 0 Å². The van der Waals surface area contributed by atoms with Gasteiger partial charge >= 0.3 is 0 Å². The third kappa shape index (κ3) is 3.89. The summed E-state index contributed by atoms with van der Waals surface area (Å²) in [6.07, 6.45) is 0. The van der Waals surface area contributed by atoms with Gasteiger partial charge in [0.05, 0.1) is 17.9 Å². The molecule has 1 aromatic heterocycles. The van der Waals surface area contributed by atoms with Crippen LogP contribution in [0, 0.1) is 11.2 Å². The number of nitrogens with one attached hydrogen (secondary N) is 2. The Labute approximate surface area is 163 Å². The van der Waals surface area contributed by atoms with E-state index in [2.05, 4.69) is 10.5 Å². The Bertz CT molecular complexity index is 970. The molecule has 146 valence electrons. The lowest BCUT2D eigenvalue weighted by Gasteiger charge is -2.15. The van der Waals surface area contributed by atoms with E-state index in [-0.39, 0.29) is 30.2 Å². The SMILES string of the molecule is CC(c1ccc(-c2ccccc2)c(F)c1)c1noc(NC(=N)N(C)C)c1CO. The van der Waals surface area contributed by atoms with Gasteiger partial charge in [-0.15, -0.1) is 0 Å². The van der Waals surface area contributed by atoms with Gasteiger partial charge in [-0.2, -0.15) is 0 Å². The molecule has 0 fully saturated rings. The molecule has 3 aromatic rings. The van der Waals surface area contributed by atoms with Crippen LogP contribution in [-0.4, -0.2) is 35.2 Å². The van der Waals surface area contributed by atoms with Crippen LogP contribution in [0.1, 0.15) is 29.7 Å². The third-order valence-corrected chi connectivity index (χ3v) is 4.64. The number of aliphatic hydroxyl groups excluding tert-OH is 1.